The van der Waals surface area contributed by atoms with Crippen molar-refractivity contribution in [3.8, 4) is 0 Å². The van der Waals surface area contributed by atoms with E-state index in [2.05, 4.69) is 37.2 Å². The summed E-state index contributed by atoms with van der Waals surface area (Å²) in [6.07, 6.45) is -0.566. The molecular formula is C45H63N9O14. The van der Waals surface area contributed by atoms with Crippen molar-refractivity contribution >= 4 is 59.2 Å². The molecule has 2 aromatic carbocycles. The van der Waals surface area contributed by atoms with Gasteiger partial charge in [-0.05, 0) is 50.2 Å². The molecule has 13 N–H and O–H groups in total. The zero-order chi connectivity index (χ0) is 50.7. The molecule has 0 aromatic heterocycles. The SMILES string of the molecule is CC(C)C[C@H](NC(=O)[C@H](CC(=O)O)NC(=O)[C@H](C)N)C(=O)N[C@@H](CO)C(=O)N1CCC[C@H]1C(=O)N[C@@H](Cc1ccccc1)C(=O)N[C@@H](C)C(=O)N[C@@H](Cc1ccccc1)C(=O)N[C@@H](CO)C(=O)O. The third-order valence-corrected chi connectivity index (χ3v) is 10.8. The van der Waals surface area contributed by atoms with Crippen LogP contribution in [0.5, 0.6) is 0 Å². The molecule has 1 saturated heterocycles. The average Bonchev–Trinajstić information content (AvgIpc) is 3.79. The average molecular weight is 954 g/mol. The Kier molecular flexibility index (Phi) is 22.0. The predicted molar refractivity (Wildman–Crippen MR) is 241 cm³/mol. The first-order valence-corrected chi connectivity index (χ1v) is 22.1. The minimum absolute atomic E-state index is 0.00767. The minimum Gasteiger partial charge on any atom is -0.481 e. The number of rotatable bonds is 26. The zero-order valence-corrected chi connectivity index (χ0v) is 38.3. The summed E-state index contributed by atoms with van der Waals surface area (Å²) in [5.74, 6) is -10.1. The molecule has 0 bridgehead atoms. The quantitative estimate of drug-likeness (QED) is 0.0442. The molecule has 23 heteroatoms. The lowest BCUT2D eigenvalue weighted by Crippen LogP contribution is -2.61. The number of hydrogen-bond donors (Lipinski definition) is 12. The standard InChI is InChI=1S/C45H63N9O14/c1-24(2)18-29(50-42(64)32(21-36(57)58)48-37(59)25(3)46)40(62)52-33(22-55)44(66)54-17-11-16-35(54)43(65)51-30(19-27-12-7-5-8-13-27)39(61)47-26(4)38(60)49-31(20-28-14-9-6-10-15-28)41(63)53-34(23-56)45(67)68/h5-10,12-15,24-26,29-35,55-56H,11,16-23,46H2,1-4H3,(H,47,61)(H,48,59)(H,49,60)(H,50,64)(H,51,65)(H,52,62)(H,53,63)(H,57,58)(H,67,68)/t25-,26-,29-,30-,31-,32-,33-,34-,35-/m0/s1. The highest BCUT2D eigenvalue weighted by Crippen LogP contribution is 2.20. The van der Waals surface area contributed by atoms with Gasteiger partial charge < -0.3 is 68.3 Å². The van der Waals surface area contributed by atoms with Crippen molar-refractivity contribution in [1.29, 1.82) is 0 Å². The number of carbonyl (C=O) groups is 10. The van der Waals surface area contributed by atoms with Crippen molar-refractivity contribution in [3.63, 3.8) is 0 Å². The molecule has 68 heavy (non-hydrogen) atoms. The highest BCUT2D eigenvalue weighted by atomic mass is 16.4. The summed E-state index contributed by atoms with van der Waals surface area (Å²) >= 11 is 0. The third kappa shape index (κ3) is 17.3. The van der Waals surface area contributed by atoms with Crippen LogP contribution in [0.1, 0.15) is 64.5 Å². The highest BCUT2D eigenvalue weighted by Gasteiger charge is 2.40. The van der Waals surface area contributed by atoms with Gasteiger partial charge in [0.15, 0.2) is 0 Å². The van der Waals surface area contributed by atoms with Gasteiger partial charge in [0.2, 0.25) is 47.3 Å². The number of benzene rings is 2. The molecule has 23 nitrogen and oxygen atoms in total. The number of aliphatic hydroxyl groups excluding tert-OH is 2. The summed E-state index contributed by atoms with van der Waals surface area (Å²) in [5.41, 5.74) is 6.78. The summed E-state index contributed by atoms with van der Waals surface area (Å²) in [4.78, 5) is 132. The maximum absolute atomic E-state index is 14.0. The largest absolute Gasteiger partial charge is 0.481 e. The molecule has 372 valence electrons. The Hall–Kier alpha value is -6.98. The maximum atomic E-state index is 14.0. The van der Waals surface area contributed by atoms with Gasteiger partial charge in [-0.1, -0.05) is 74.5 Å². The molecule has 9 atom stereocenters. The van der Waals surface area contributed by atoms with Crippen LogP contribution in [0.3, 0.4) is 0 Å². The number of nitrogens with two attached hydrogens (primary N) is 1. The van der Waals surface area contributed by atoms with Crippen LogP contribution in [0.15, 0.2) is 60.7 Å². The summed E-state index contributed by atoms with van der Waals surface area (Å²) in [5, 5.41) is 55.5. The van der Waals surface area contributed by atoms with Crippen LogP contribution >= 0.6 is 0 Å². The summed E-state index contributed by atoms with van der Waals surface area (Å²) in [6, 6.07) is 4.50. The highest BCUT2D eigenvalue weighted by molar-refractivity contribution is 5.98. The fourth-order valence-corrected chi connectivity index (χ4v) is 7.14. The fraction of sp³-hybridized carbons (Fsp3) is 0.511. The molecule has 8 amide bonds. The number of nitrogens with one attached hydrogen (secondary N) is 7. The van der Waals surface area contributed by atoms with E-state index >= 15 is 0 Å². The van der Waals surface area contributed by atoms with Crippen molar-refractivity contribution in [2.24, 2.45) is 11.7 Å². The molecule has 0 spiro atoms. The van der Waals surface area contributed by atoms with Gasteiger partial charge in [-0.2, -0.15) is 0 Å². The van der Waals surface area contributed by atoms with Crippen molar-refractivity contribution in [2.45, 2.75) is 121 Å². The van der Waals surface area contributed by atoms with Crippen LogP contribution in [0.25, 0.3) is 0 Å². The van der Waals surface area contributed by atoms with E-state index in [4.69, 9.17) is 5.73 Å². The van der Waals surface area contributed by atoms with E-state index < -0.39 is 133 Å². The first kappa shape index (κ1) is 55.3. The van der Waals surface area contributed by atoms with Gasteiger partial charge >= 0.3 is 11.9 Å². The van der Waals surface area contributed by atoms with Gasteiger partial charge in [0.05, 0.1) is 25.7 Å². The summed E-state index contributed by atoms with van der Waals surface area (Å²) < 4.78 is 0. The first-order valence-electron chi connectivity index (χ1n) is 22.1. The van der Waals surface area contributed by atoms with Crippen LogP contribution in [-0.4, -0.2) is 159 Å². The number of aliphatic carboxylic acids is 2. The summed E-state index contributed by atoms with van der Waals surface area (Å²) in [7, 11) is 0. The third-order valence-electron chi connectivity index (χ3n) is 10.8. The lowest BCUT2D eigenvalue weighted by molar-refractivity contribution is -0.143. The van der Waals surface area contributed by atoms with E-state index in [0.717, 1.165) is 4.90 Å². The van der Waals surface area contributed by atoms with Crippen molar-refractivity contribution < 1.29 is 68.4 Å². The molecule has 1 fully saturated rings. The van der Waals surface area contributed by atoms with E-state index in [1.807, 2.05) is 0 Å². The number of carboxylic acids is 2. The first-order chi connectivity index (χ1) is 32.1. The number of amides is 8. The molecule has 3 rings (SSSR count). The number of likely N-dealkylation sites (tertiary alicyclic amines) is 1. The van der Waals surface area contributed by atoms with Crippen LogP contribution in [-0.2, 0) is 60.8 Å². The smallest absolute Gasteiger partial charge is 0.328 e. The van der Waals surface area contributed by atoms with Crippen LogP contribution in [0, 0.1) is 5.92 Å². The Morgan fingerprint density at radius 2 is 1.04 bits per heavy atom. The number of hydrogen-bond acceptors (Lipinski definition) is 13. The van der Waals surface area contributed by atoms with E-state index in [9.17, 15) is 68.4 Å². The molecule has 0 unspecified atom stereocenters. The van der Waals surface area contributed by atoms with Crippen LogP contribution in [0.4, 0.5) is 0 Å². The second-order valence-electron chi connectivity index (χ2n) is 16.9. The zero-order valence-electron chi connectivity index (χ0n) is 38.3. The number of carboxylic acid groups (broad SMARTS) is 2. The molecule has 1 aliphatic heterocycles. The second-order valence-corrected chi connectivity index (χ2v) is 16.9. The second kappa shape index (κ2) is 27.0. The van der Waals surface area contributed by atoms with E-state index in [-0.39, 0.29) is 38.1 Å². The van der Waals surface area contributed by atoms with Crippen LogP contribution in [0.2, 0.25) is 0 Å². The number of carbonyl (C=O) groups excluding carboxylic acids is 8. The normalized spacial score (nSPS) is 16.8. The van der Waals surface area contributed by atoms with Crippen LogP contribution < -0.4 is 43.0 Å². The molecule has 1 aliphatic rings. The van der Waals surface area contributed by atoms with Gasteiger partial charge in [0.25, 0.3) is 0 Å². The molecule has 1 heterocycles. The van der Waals surface area contributed by atoms with E-state index in [1.165, 1.54) is 13.8 Å². The Bertz CT molecular complexity index is 2090. The fourth-order valence-electron chi connectivity index (χ4n) is 7.14. The molecular weight excluding hydrogens is 891 g/mol. The minimum atomic E-state index is -1.66. The van der Waals surface area contributed by atoms with Gasteiger partial charge in [-0.3, -0.25) is 43.2 Å². The van der Waals surface area contributed by atoms with Gasteiger partial charge in [0, 0.05) is 19.4 Å². The maximum Gasteiger partial charge on any atom is 0.328 e. The van der Waals surface area contributed by atoms with Crippen molar-refractivity contribution in [2.75, 3.05) is 19.8 Å². The predicted octanol–water partition coefficient (Wildman–Crippen LogP) is -3.19. The van der Waals surface area contributed by atoms with E-state index in [0.29, 0.717) is 17.5 Å². The number of nitrogens with zero attached hydrogens (tertiary/aromatic N) is 1. The Morgan fingerprint density at radius 3 is 1.54 bits per heavy atom. The van der Waals surface area contributed by atoms with Crippen molar-refractivity contribution in [3.05, 3.63) is 71.8 Å². The topological polar surface area (TPSA) is 365 Å². The molecule has 2 aromatic rings. The Labute approximate surface area is 392 Å². The lowest BCUT2D eigenvalue weighted by atomic mass is 10.0. The molecule has 0 radical (unpaired) electrons. The number of aliphatic hydroxyl groups is 2. The molecule has 0 aliphatic carbocycles. The van der Waals surface area contributed by atoms with Crippen molar-refractivity contribution in [1.82, 2.24) is 42.1 Å². The summed E-state index contributed by atoms with van der Waals surface area (Å²) in [6.45, 7) is 4.27. The van der Waals surface area contributed by atoms with E-state index in [1.54, 1.807) is 74.5 Å². The Balaban J connectivity index is 1.79. The Morgan fingerprint density at radius 1 is 0.588 bits per heavy atom. The van der Waals surface area contributed by atoms with Gasteiger partial charge in [-0.25, -0.2) is 4.79 Å². The van der Waals surface area contributed by atoms with Gasteiger partial charge in [0.1, 0.15) is 48.3 Å². The lowest BCUT2D eigenvalue weighted by Gasteiger charge is -2.30. The molecule has 0 saturated carbocycles. The van der Waals surface area contributed by atoms with Gasteiger partial charge in [-0.15, -0.1) is 0 Å². The monoisotopic (exact) mass is 953 g/mol.